The summed E-state index contributed by atoms with van der Waals surface area (Å²) < 4.78 is 5.59. The van der Waals surface area contributed by atoms with E-state index in [0.29, 0.717) is 39.8 Å². The van der Waals surface area contributed by atoms with Gasteiger partial charge in [0.2, 0.25) is 5.82 Å². The number of carbonyl (C=O) groups is 1. The number of nitriles is 1. The summed E-state index contributed by atoms with van der Waals surface area (Å²) in [6.07, 6.45) is 5.32. The molecular formula is C34H28N6O4. The number of nitrogens with two attached hydrogens (primary N) is 1. The fourth-order valence-electron chi connectivity index (χ4n) is 4.16. The van der Waals surface area contributed by atoms with E-state index in [2.05, 4.69) is 53.3 Å². The zero-order chi connectivity index (χ0) is 31.6. The van der Waals surface area contributed by atoms with Crippen molar-refractivity contribution >= 4 is 33.9 Å². The van der Waals surface area contributed by atoms with Gasteiger partial charge in [-0.05, 0) is 53.9 Å². The van der Waals surface area contributed by atoms with Crippen molar-refractivity contribution in [3.63, 3.8) is 0 Å². The van der Waals surface area contributed by atoms with Crippen molar-refractivity contribution in [3.8, 4) is 35.4 Å². The van der Waals surface area contributed by atoms with Crippen molar-refractivity contribution in [1.82, 2.24) is 9.97 Å². The quantitative estimate of drug-likeness (QED) is 0.0922. The van der Waals surface area contributed by atoms with Gasteiger partial charge in [0.15, 0.2) is 0 Å². The smallest absolute Gasteiger partial charge is 0.293 e. The zero-order valence-corrected chi connectivity index (χ0v) is 24.0. The summed E-state index contributed by atoms with van der Waals surface area (Å²) in [5.74, 6) is 3.00. The number of carbonyl (C=O) groups excluding carboxylic acids is 1. The highest BCUT2D eigenvalue weighted by Crippen LogP contribution is 2.30. The number of nitrogens with zero attached hydrogens (tertiary/aromatic N) is 4. The third-order valence-corrected chi connectivity index (χ3v) is 6.37. The van der Waals surface area contributed by atoms with Crippen LogP contribution < -0.4 is 15.8 Å². The monoisotopic (exact) mass is 584 g/mol. The molecule has 218 valence electrons. The lowest BCUT2D eigenvalue weighted by molar-refractivity contribution is -0.384. The fraction of sp³-hybridized carbons (Fsp3) is 0.118. The lowest BCUT2D eigenvalue weighted by atomic mass is 9.99. The van der Waals surface area contributed by atoms with Crippen molar-refractivity contribution in [2.45, 2.75) is 19.8 Å². The van der Waals surface area contributed by atoms with E-state index >= 15 is 0 Å². The average Bonchev–Trinajstić information content (AvgIpc) is 3.03. The molecule has 5 aromatic rings. The molecule has 0 unspecified atom stereocenters. The first-order chi connectivity index (χ1) is 21.2. The van der Waals surface area contributed by atoms with Crippen LogP contribution in [0.15, 0.2) is 91.0 Å². The summed E-state index contributed by atoms with van der Waals surface area (Å²) in [6.45, 7) is 4.41. The van der Waals surface area contributed by atoms with Gasteiger partial charge in [-0.15, -0.1) is 6.42 Å². The van der Waals surface area contributed by atoms with Crippen LogP contribution in [0.2, 0.25) is 0 Å². The number of nitro benzene ring substituents is 1. The van der Waals surface area contributed by atoms with Crippen molar-refractivity contribution < 1.29 is 14.5 Å². The molecule has 0 aliphatic carbocycles. The largest absolute Gasteiger partial charge is 0.481 e. The summed E-state index contributed by atoms with van der Waals surface area (Å²) in [7, 11) is 0. The number of non-ortho nitro benzene ring substituents is 1. The Balaban J connectivity index is 0.000000375. The number of nitro groups is 1. The molecule has 0 atom stereocenters. The molecule has 10 nitrogen and oxygen atoms in total. The molecule has 1 heterocycles. The summed E-state index contributed by atoms with van der Waals surface area (Å²) in [5.41, 5.74) is 9.94. The van der Waals surface area contributed by atoms with Gasteiger partial charge in [0, 0.05) is 34.5 Å². The summed E-state index contributed by atoms with van der Waals surface area (Å²) >= 11 is 0. The van der Waals surface area contributed by atoms with Crippen LogP contribution in [-0.2, 0) is 0 Å². The van der Waals surface area contributed by atoms with E-state index in [-0.39, 0.29) is 18.1 Å². The van der Waals surface area contributed by atoms with Crippen LogP contribution in [0.4, 0.5) is 17.1 Å². The maximum absolute atomic E-state index is 13.0. The lowest BCUT2D eigenvalue weighted by Crippen LogP contribution is -2.16. The molecule has 0 saturated heterocycles. The van der Waals surface area contributed by atoms with Crippen LogP contribution in [0.1, 0.15) is 41.5 Å². The van der Waals surface area contributed by atoms with E-state index < -0.39 is 10.8 Å². The number of nitrogen functional groups attached to an aromatic ring is 1. The molecular weight excluding hydrogens is 556 g/mol. The number of terminal acetylenes is 1. The predicted octanol–water partition coefficient (Wildman–Crippen LogP) is 6.73. The SMILES string of the molecule is C#CCOc1ccc2nc(C(=O)Nc3cccc(C#N)c3)nc(-c3ccc(C(C)C)cc3)c2c1.Nc1cccc([N+](=O)[O-])c1. The molecule has 1 amide bonds. The van der Waals surface area contributed by atoms with Crippen LogP contribution in [0, 0.1) is 33.8 Å². The van der Waals surface area contributed by atoms with E-state index in [0.717, 1.165) is 10.9 Å². The molecule has 5 rings (SSSR count). The zero-order valence-electron chi connectivity index (χ0n) is 24.0. The summed E-state index contributed by atoms with van der Waals surface area (Å²) in [5, 5.41) is 22.7. The molecule has 10 heteroatoms. The Morgan fingerprint density at radius 2 is 1.80 bits per heavy atom. The Hall–Kier alpha value is -6.26. The highest BCUT2D eigenvalue weighted by molar-refractivity contribution is 6.04. The van der Waals surface area contributed by atoms with Gasteiger partial charge in [-0.1, -0.05) is 56.2 Å². The van der Waals surface area contributed by atoms with Gasteiger partial charge in [0.1, 0.15) is 12.4 Å². The summed E-state index contributed by atoms with van der Waals surface area (Å²) in [4.78, 5) is 31.8. The normalized spacial score (nSPS) is 10.2. The van der Waals surface area contributed by atoms with E-state index in [4.69, 9.17) is 22.2 Å². The van der Waals surface area contributed by atoms with Crippen LogP contribution >= 0.6 is 0 Å². The number of hydrogen-bond acceptors (Lipinski definition) is 8. The van der Waals surface area contributed by atoms with E-state index in [1.807, 2.05) is 18.2 Å². The van der Waals surface area contributed by atoms with Gasteiger partial charge in [-0.25, -0.2) is 9.97 Å². The maximum atomic E-state index is 13.0. The van der Waals surface area contributed by atoms with Gasteiger partial charge < -0.3 is 15.8 Å². The first-order valence-corrected chi connectivity index (χ1v) is 13.5. The molecule has 3 N–H and O–H groups in total. The molecule has 1 aromatic heterocycles. The second-order valence-corrected chi connectivity index (χ2v) is 9.84. The molecule has 0 saturated carbocycles. The molecule has 0 aliphatic heterocycles. The van der Waals surface area contributed by atoms with Crippen LogP contribution in [0.5, 0.6) is 5.75 Å². The molecule has 0 fully saturated rings. The maximum Gasteiger partial charge on any atom is 0.293 e. The minimum Gasteiger partial charge on any atom is -0.481 e. The van der Waals surface area contributed by atoms with Crippen molar-refractivity contribution in [2.24, 2.45) is 0 Å². The number of amides is 1. The Bertz CT molecular complexity index is 1910. The van der Waals surface area contributed by atoms with Crippen LogP contribution in [0.3, 0.4) is 0 Å². The molecule has 0 spiro atoms. The van der Waals surface area contributed by atoms with E-state index in [1.54, 1.807) is 48.5 Å². The molecule has 0 aliphatic rings. The van der Waals surface area contributed by atoms with Gasteiger partial charge in [-0.3, -0.25) is 14.9 Å². The Morgan fingerprint density at radius 3 is 2.43 bits per heavy atom. The third kappa shape index (κ3) is 7.72. The van der Waals surface area contributed by atoms with Gasteiger partial charge >= 0.3 is 0 Å². The van der Waals surface area contributed by atoms with Crippen molar-refractivity contribution in [1.29, 1.82) is 5.26 Å². The third-order valence-electron chi connectivity index (χ3n) is 6.37. The highest BCUT2D eigenvalue weighted by Gasteiger charge is 2.17. The van der Waals surface area contributed by atoms with Gasteiger partial charge in [-0.2, -0.15) is 5.26 Å². The molecule has 44 heavy (non-hydrogen) atoms. The number of aromatic nitrogens is 2. The summed E-state index contributed by atoms with van der Waals surface area (Å²) in [6, 6.07) is 28.1. The number of ether oxygens (including phenoxy) is 1. The van der Waals surface area contributed by atoms with Crippen molar-refractivity contribution in [2.75, 3.05) is 17.7 Å². The van der Waals surface area contributed by atoms with Crippen LogP contribution in [-0.4, -0.2) is 27.4 Å². The minimum atomic E-state index is -0.476. The Labute approximate surface area is 254 Å². The molecule has 0 radical (unpaired) electrons. The fourth-order valence-corrected chi connectivity index (χ4v) is 4.16. The number of fused-ring (bicyclic) bond motifs is 1. The second-order valence-electron chi connectivity index (χ2n) is 9.84. The van der Waals surface area contributed by atoms with E-state index in [1.165, 1.54) is 17.7 Å². The standard InChI is InChI=1S/C28H22N4O2.C6H6N2O2/c1-4-14-34-23-12-13-25-24(16-23)26(21-10-8-20(9-11-21)18(2)3)32-27(31-25)28(33)30-22-7-5-6-19(15-22)17-29;7-5-2-1-3-6(4-5)8(9)10/h1,5-13,15-16,18H,14H2,2-3H3,(H,30,33);1-4H,7H2. The van der Waals surface area contributed by atoms with Gasteiger partial charge in [0.05, 0.1) is 27.8 Å². The lowest BCUT2D eigenvalue weighted by Gasteiger charge is -2.12. The number of anilines is 2. The predicted molar refractivity (Wildman–Crippen MR) is 170 cm³/mol. The second kappa shape index (κ2) is 14.1. The number of hydrogen-bond donors (Lipinski definition) is 2. The molecule has 4 aromatic carbocycles. The minimum absolute atomic E-state index is 0.0232. The number of benzene rings is 4. The average molecular weight is 585 g/mol. The first kappa shape index (κ1) is 30.7. The van der Waals surface area contributed by atoms with Crippen LogP contribution in [0.25, 0.3) is 22.2 Å². The highest BCUT2D eigenvalue weighted by atomic mass is 16.6. The topological polar surface area (TPSA) is 157 Å². The van der Waals surface area contributed by atoms with Crippen molar-refractivity contribution in [3.05, 3.63) is 118 Å². The Morgan fingerprint density at radius 1 is 1.05 bits per heavy atom. The van der Waals surface area contributed by atoms with Gasteiger partial charge in [0.25, 0.3) is 11.6 Å². The number of nitrogens with one attached hydrogen (secondary N) is 1. The number of rotatable bonds is 7. The Kier molecular flexibility index (Phi) is 9.82. The molecule has 0 bridgehead atoms. The van der Waals surface area contributed by atoms with E-state index in [9.17, 15) is 14.9 Å². The first-order valence-electron chi connectivity index (χ1n) is 13.5.